The molecule has 0 saturated heterocycles. The van der Waals surface area contributed by atoms with Gasteiger partial charge in [0, 0.05) is 18.8 Å². The van der Waals surface area contributed by atoms with Gasteiger partial charge in [0.05, 0.1) is 18.4 Å². The molecule has 0 aliphatic heterocycles. The summed E-state index contributed by atoms with van der Waals surface area (Å²) >= 11 is 1.73. The van der Waals surface area contributed by atoms with Crippen LogP contribution in [-0.4, -0.2) is 34.3 Å². The normalized spacial score (nSPS) is 12.8. The van der Waals surface area contributed by atoms with Gasteiger partial charge >= 0.3 is 0 Å². The number of hydrogen-bond acceptors (Lipinski definition) is 4. The van der Waals surface area contributed by atoms with Crippen molar-refractivity contribution in [2.24, 2.45) is 0 Å². The first-order valence-electron chi connectivity index (χ1n) is 7.26. The van der Waals surface area contributed by atoms with E-state index in [1.807, 2.05) is 10.9 Å². The molecule has 0 aromatic carbocycles. The zero-order valence-electron chi connectivity index (χ0n) is 12.5. The van der Waals surface area contributed by atoms with E-state index in [-0.39, 0.29) is 0 Å². The van der Waals surface area contributed by atoms with Gasteiger partial charge in [-0.25, -0.2) is 0 Å². The second-order valence-corrected chi connectivity index (χ2v) is 5.72. The van der Waals surface area contributed by atoms with Crippen LogP contribution >= 0.6 is 11.3 Å². The molecule has 2 heterocycles. The minimum absolute atomic E-state index is 0.321. The summed E-state index contributed by atoms with van der Waals surface area (Å²) in [7, 11) is 0. The Morgan fingerprint density at radius 3 is 2.85 bits per heavy atom. The number of thiophene rings is 1. The smallest absolute Gasteiger partial charge is 0.0731 e. The summed E-state index contributed by atoms with van der Waals surface area (Å²) in [5.41, 5.74) is 2.41. The molecule has 2 rings (SSSR count). The second kappa shape index (κ2) is 7.45. The van der Waals surface area contributed by atoms with Crippen molar-refractivity contribution in [1.82, 2.24) is 14.7 Å². The highest BCUT2D eigenvalue weighted by Crippen LogP contribution is 2.20. The largest absolute Gasteiger partial charge is 0.376 e. The summed E-state index contributed by atoms with van der Waals surface area (Å²) in [6.45, 7) is 10.8. The van der Waals surface area contributed by atoms with Gasteiger partial charge in [0.25, 0.3) is 0 Å². The van der Waals surface area contributed by atoms with Crippen molar-refractivity contribution < 1.29 is 0 Å². The van der Waals surface area contributed by atoms with E-state index in [1.165, 1.54) is 5.56 Å². The minimum atomic E-state index is 0.321. The van der Waals surface area contributed by atoms with Crippen molar-refractivity contribution in [3.8, 4) is 0 Å². The molecule has 1 atom stereocenters. The molecule has 2 aromatic rings. The molecule has 0 bridgehead atoms. The lowest BCUT2D eigenvalue weighted by atomic mass is 10.2. The molecule has 0 aliphatic rings. The monoisotopic (exact) mass is 292 g/mol. The van der Waals surface area contributed by atoms with Crippen LogP contribution in [0.2, 0.25) is 0 Å². The molecular formula is C15H24N4S. The lowest BCUT2D eigenvalue weighted by Crippen LogP contribution is -2.27. The Balaban J connectivity index is 1.86. The third-order valence-electron chi connectivity index (χ3n) is 3.60. The molecule has 20 heavy (non-hydrogen) atoms. The number of nitrogens with zero attached hydrogens (tertiary/aromatic N) is 3. The molecular weight excluding hydrogens is 268 g/mol. The van der Waals surface area contributed by atoms with Crippen LogP contribution in [0, 0.1) is 0 Å². The molecule has 0 fully saturated rings. The van der Waals surface area contributed by atoms with Crippen LogP contribution in [0.4, 0.5) is 5.69 Å². The van der Waals surface area contributed by atoms with E-state index in [2.05, 4.69) is 59.1 Å². The fourth-order valence-corrected chi connectivity index (χ4v) is 2.95. The van der Waals surface area contributed by atoms with Crippen molar-refractivity contribution in [3.05, 3.63) is 34.8 Å². The quantitative estimate of drug-likeness (QED) is 0.809. The average molecular weight is 292 g/mol. The summed E-state index contributed by atoms with van der Waals surface area (Å²) in [5.74, 6) is 0. The second-order valence-electron chi connectivity index (χ2n) is 4.94. The maximum atomic E-state index is 4.42. The molecule has 0 saturated carbocycles. The van der Waals surface area contributed by atoms with E-state index in [9.17, 15) is 0 Å². The number of hydrogen-bond donors (Lipinski definition) is 1. The Hall–Kier alpha value is -1.33. The van der Waals surface area contributed by atoms with Crippen molar-refractivity contribution in [1.29, 1.82) is 0 Å². The fraction of sp³-hybridized carbons (Fsp3) is 0.533. The molecule has 1 unspecified atom stereocenters. The number of aromatic nitrogens is 2. The van der Waals surface area contributed by atoms with Crippen molar-refractivity contribution >= 4 is 17.0 Å². The Morgan fingerprint density at radius 1 is 1.40 bits per heavy atom. The molecule has 0 spiro atoms. The van der Waals surface area contributed by atoms with Crippen molar-refractivity contribution in [3.63, 3.8) is 0 Å². The van der Waals surface area contributed by atoms with E-state index in [0.717, 1.165) is 31.9 Å². The van der Waals surface area contributed by atoms with Gasteiger partial charge in [0.2, 0.25) is 0 Å². The van der Waals surface area contributed by atoms with Crippen LogP contribution in [-0.2, 0) is 6.54 Å². The predicted octanol–water partition coefficient (Wildman–Crippen LogP) is 3.46. The van der Waals surface area contributed by atoms with Gasteiger partial charge in [0.1, 0.15) is 0 Å². The summed E-state index contributed by atoms with van der Waals surface area (Å²) in [6.07, 6.45) is 4.00. The molecule has 4 nitrogen and oxygen atoms in total. The van der Waals surface area contributed by atoms with Gasteiger partial charge in [-0.3, -0.25) is 4.68 Å². The van der Waals surface area contributed by atoms with Crippen LogP contribution in [0.15, 0.2) is 29.2 Å². The third-order valence-corrected chi connectivity index (χ3v) is 4.30. The van der Waals surface area contributed by atoms with Crippen molar-refractivity contribution in [2.45, 2.75) is 33.4 Å². The molecule has 5 heteroatoms. The van der Waals surface area contributed by atoms with E-state index in [1.54, 1.807) is 11.3 Å². The third kappa shape index (κ3) is 4.08. The highest BCUT2D eigenvalue weighted by Gasteiger charge is 2.07. The number of anilines is 1. The molecule has 1 N–H and O–H groups in total. The first-order valence-corrected chi connectivity index (χ1v) is 8.20. The summed E-state index contributed by atoms with van der Waals surface area (Å²) < 4.78 is 2.01. The summed E-state index contributed by atoms with van der Waals surface area (Å²) in [6, 6.07) is 2.48. The summed E-state index contributed by atoms with van der Waals surface area (Å²) in [5, 5.41) is 12.2. The van der Waals surface area contributed by atoms with Gasteiger partial charge in [-0.2, -0.15) is 16.4 Å². The van der Waals surface area contributed by atoms with Crippen LogP contribution in [0.3, 0.4) is 0 Å². The molecule has 0 radical (unpaired) electrons. The van der Waals surface area contributed by atoms with Crippen LogP contribution in [0.25, 0.3) is 0 Å². The molecule has 2 aromatic heterocycles. The maximum Gasteiger partial charge on any atom is 0.0731 e. The van der Waals surface area contributed by atoms with E-state index >= 15 is 0 Å². The minimum Gasteiger partial charge on any atom is -0.376 e. The highest BCUT2D eigenvalue weighted by molar-refractivity contribution is 7.07. The fourth-order valence-electron chi connectivity index (χ4n) is 2.20. The standard InChI is InChI=1S/C15H24N4S/c1-4-18(5-2)7-8-19-11-15(10-16-19)17-13(3)14-6-9-20-12-14/h6,9-13,17H,4-5,7-8H2,1-3H3. The highest BCUT2D eigenvalue weighted by atomic mass is 32.1. The van der Waals surface area contributed by atoms with Crippen LogP contribution in [0.5, 0.6) is 0 Å². The van der Waals surface area contributed by atoms with E-state index < -0.39 is 0 Å². The zero-order valence-corrected chi connectivity index (χ0v) is 13.4. The Labute approximate surface area is 125 Å². The lowest BCUT2D eigenvalue weighted by molar-refractivity contribution is 0.285. The summed E-state index contributed by atoms with van der Waals surface area (Å²) in [4.78, 5) is 2.41. The van der Waals surface area contributed by atoms with Crippen molar-refractivity contribution in [2.75, 3.05) is 25.0 Å². The predicted molar refractivity (Wildman–Crippen MR) is 86.4 cm³/mol. The Morgan fingerprint density at radius 2 is 2.20 bits per heavy atom. The topological polar surface area (TPSA) is 33.1 Å². The Bertz CT molecular complexity index is 488. The molecule has 0 amide bonds. The maximum absolute atomic E-state index is 4.42. The van der Waals surface area contributed by atoms with E-state index in [0.29, 0.717) is 6.04 Å². The lowest BCUT2D eigenvalue weighted by Gasteiger charge is -2.17. The van der Waals surface area contributed by atoms with Gasteiger partial charge < -0.3 is 10.2 Å². The number of likely N-dealkylation sites (N-methyl/N-ethyl adjacent to an activating group) is 1. The molecule has 110 valence electrons. The first-order chi connectivity index (χ1) is 9.72. The van der Waals surface area contributed by atoms with Gasteiger partial charge in [-0.1, -0.05) is 13.8 Å². The first kappa shape index (κ1) is 15.1. The average Bonchev–Trinajstić information content (AvgIpc) is 3.11. The number of rotatable bonds is 8. The molecule has 0 aliphatic carbocycles. The van der Waals surface area contributed by atoms with Gasteiger partial charge in [0.15, 0.2) is 0 Å². The van der Waals surface area contributed by atoms with Gasteiger partial charge in [-0.05, 0) is 42.4 Å². The Kier molecular flexibility index (Phi) is 5.61. The SMILES string of the molecule is CCN(CC)CCn1cc(NC(C)c2ccsc2)cn1. The number of nitrogens with one attached hydrogen (secondary N) is 1. The van der Waals surface area contributed by atoms with Crippen LogP contribution < -0.4 is 5.32 Å². The van der Waals surface area contributed by atoms with Gasteiger partial charge in [-0.15, -0.1) is 0 Å². The zero-order chi connectivity index (χ0) is 14.4. The van der Waals surface area contributed by atoms with E-state index in [4.69, 9.17) is 0 Å². The van der Waals surface area contributed by atoms with Crippen LogP contribution in [0.1, 0.15) is 32.4 Å².